The normalized spacial score (nSPS) is 11.1. The maximum atomic E-state index is 5.89. The molecule has 0 unspecified atom stereocenters. The number of ether oxygens (including phenoxy) is 2. The van der Waals surface area contributed by atoms with Crippen molar-refractivity contribution >= 4 is 22.9 Å². The van der Waals surface area contributed by atoms with Gasteiger partial charge in [-0.1, -0.05) is 17.8 Å². The van der Waals surface area contributed by atoms with Crippen molar-refractivity contribution < 1.29 is 13.9 Å². The lowest BCUT2D eigenvalue weighted by Gasteiger charge is -2.09. The zero-order valence-electron chi connectivity index (χ0n) is 15.0. The summed E-state index contributed by atoms with van der Waals surface area (Å²) in [5.41, 5.74) is 3.05. The lowest BCUT2D eigenvalue weighted by molar-refractivity contribution is 0.355. The fourth-order valence-electron chi connectivity index (χ4n) is 2.72. The zero-order chi connectivity index (χ0) is 18.8. The Balaban J connectivity index is 1.62. The number of methoxy groups -OCH3 is 2. The number of para-hydroxylation sites is 1. The number of hydrogen-bond donors (Lipinski definition) is 1. The van der Waals surface area contributed by atoms with Gasteiger partial charge >= 0.3 is 0 Å². The zero-order valence-corrected chi connectivity index (χ0v) is 15.8. The number of nitrogens with zero attached hydrogens (tertiary/aromatic N) is 4. The number of H-pyrrole nitrogens is 1. The van der Waals surface area contributed by atoms with Crippen molar-refractivity contribution in [1.29, 1.82) is 0 Å². The molecule has 0 radical (unpaired) electrons. The van der Waals surface area contributed by atoms with E-state index in [1.54, 1.807) is 32.3 Å². The minimum atomic E-state index is 0.494. The molecule has 0 saturated carbocycles. The third-order valence-corrected chi connectivity index (χ3v) is 5.06. The molecule has 1 N–H and O–H groups in total. The first-order valence-electron chi connectivity index (χ1n) is 8.15. The molecule has 0 amide bonds. The SMILES string of the molecule is COc1cccc(-c2nc(CSc3ncnc4nc[nH]c34)c(C)o2)c1OC. The van der Waals surface area contributed by atoms with Crippen molar-refractivity contribution in [3.05, 3.63) is 42.3 Å². The summed E-state index contributed by atoms with van der Waals surface area (Å²) >= 11 is 1.55. The molecular formula is C18H17N5O3S. The summed E-state index contributed by atoms with van der Waals surface area (Å²) in [6.07, 6.45) is 3.12. The van der Waals surface area contributed by atoms with Gasteiger partial charge < -0.3 is 18.9 Å². The number of fused-ring (bicyclic) bond motifs is 1. The molecule has 9 heteroatoms. The number of oxazole rings is 1. The van der Waals surface area contributed by atoms with Gasteiger partial charge in [-0.25, -0.2) is 19.9 Å². The summed E-state index contributed by atoms with van der Waals surface area (Å²) in [5.74, 6) is 3.07. The monoisotopic (exact) mass is 383 g/mol. The predicted octanol–water partition coefficient (Wildman–Crippen LogP) is 3.63. The smallest absolute Gasteiger partial charge is 0.230 e. The Morgan fingerprint density at radius 2 is 2.04 bits per heavy atom. The van der Waals surface area contributed by atoms with Crippen LogP contribution in [-0.2, 0) is 5.75 Å². The summed E-state index contributed by atoms with van der Waals surface area (Å²) in [6.45, 7) is 1.89. The Bertz CT molecular complexity index is 1090. The molecule has 138 valence electrons. The number of nitrogens with one attached hydrogen (secondary N) is 1. The van der Waals surface area contributed by atoms with E-state index in [2.05, 4.69) is 24.9 Å². The van der Waals surface area contributed by atoms with Crippen molar-refractivity contribution in [2.24, 2.45) is 0 Å². The molecule has 0 aliphatic rings. The van der Waals surface area contributed by atoms with E-state index in [0.717, 1.165) is 27.6 Å². The van der Waals surface area contributed by atoms with Crippen LogP contribution in [0.5, 0.6) is 11.5 Å². The van der Waals surface area contributed by atoms with Gasteiger partial charge in [-0.05, 0) is 19.1 Å². The van der Waals surface area contributed by atoms with Crippen LogP contribution < -0.4 is 9.47 Å². The van der Waals surface area contributed by atoms with Gasteiger partial charge in [0, 0.05) is 5.75 Å². The molecule has 0 aliphatic carbocycles. The summed E-state index contributed by atoms with van der Waals surface area (Å²) in [4.78, 5) is 20.3. The average molecular weight is 383 g/mol. The van der Waals surface area contributed by atoms with Crippen LogP contribution in [0, 0.1) is 6.92 Å². The molecule has 0 saturated heterocycles. The Morgan fingerprint density at radius 1 is 1.15 bits per heavy atom. The Labute approximate surface area is 159 Å². The molecule has 4 aromatic rings. The highest BCUT2D eigenvalue weighted by atomic mass is 32.2. The highest BCUT2D eigenvalue weighted by Crippen LogP contribution is 2.38. The number of rotatable bonds is 6. The molecule has 4 rings (SSSR count). The van der Waals surface area contributed by atoms with E-state index in [9.17, 15) is 0 Å². The van der Waals surface area contributed by atoms with E-state index in [-0.39, 0.29) is 0 Å². The molecule has 3 heterocycles. The second-order valence-electron chi connectivity index (χ2n) is 5.63. The molecule has 1 aromatic carbocycles. The van der Waals surface area contributed by atoms with E-state index in [4.69, 9.17) is 13.9 Å². The molecule has 0 spiro atoms. The fraction of sp³-hybridized carbons (Fsp3) is 0.222. The Kier molecular flexibility index (Phi) is 4.68. The number of aryl methyl sites for hydroxylation is 1. The van der Waals surface area contributed by atoms with Gasteiger partial charge in [-0.15, -0.1) is 0 Å². The topological polar surface area (TPSA) is 99.0 Å². The van der Waals surface area contributed by atoms with Crippen LogP contribution >= 0.6 is 11.8 Å². The second kappa shape index (κ2) is 7.28. The molecule has 0 bridgehead atoms. The van der Waals surface area contributed by atoms with Crippen molar-refractivity contribution in [3.8, 4) is 23.0 Å². The third kappa shape index (κ3) is 3.21. The molecule has 0 aliphatic heterocycles. The standard InChI is InChI=1S/C18H17N5O3S/c1-10-12(7-27-18-14-16(20-8-19-14)21-9-22-18)23-17(26-10)11-5-4-6-13(24-2)15(11)25-3/h4-6,8-9H,7H2,1-3H3,(H,19,20,21,22). The molecule has 8 nitrogen and oxygen atoms in total. The summed E-state index contributed by atoms with van der Waals surface area (Å²) in [6, 6.07) is 5.60. The number of imidazole rings is 1. The van der Waals surface area contributed by atoms with Gasteiger partial charge in [-0.3, -0.25) is 0 Å². The number of aromatic nitrogens is 5. The summed E-state index contributed by atoms with van der Waals surface area (Å²) in [5, 5.41) is 0.820. The number of hydrogen-bond acceptors (Lipinski definition) is 8. The van der Waals surface area contributed by atoms with Crippen LogP contribution in [0.1, 0.15) is 11.5 Å². The predicted molar refractivity (Wildman–Crippen MR) is 101 cm³/mol. The van der Waals surface area contributed by atoms with Gasteiger partial charge in [-0.2, -0.15) is 0 Å². The highest BCUT2D eigenvalue weighted by Gasteiger charge is 2.19. The fourth-order valence-corrected chi connectivity index (χ4v) is 3.68. The lowest BCUT2D eigenvalue weighted by atomic mass is 10.2. The van der Waals surface area contributed by atoms with Crippen LogP contribution in [0.4, 0.5) is 0 Å². The number of aromatic amines is 1. The summed E-state index contributed by atoms with van der Waals surface area (Å²) in [7, 11) is 3.20. The van der Waals surface area contributed by atoms with Crippen LogP contribution in [0.25, 0.3) is 22.6 Å². The van der Waals surface area contributed by atoms with E-state index in [1.165, 1.54) is 6.33 Å². The first kappa shape index (κ1) is 17.3. The largest absolute Gasteiger partial charge is 0.493 e. The van der Waals surface area contributed by atoms with Crippen molar-refractivity contribution in [3.63, 3.8) is 0 Å². The number of thioether (sulfide) groups is 1. The molecule has 0 atom stereocenters. The molecule has 3 aromatic heterocycles. The number of benzene rings is 1. The van der Waals surface area contributed by atoms with E-state index < -0.39 is 0 Å². The minimum Gasteiger partial charge on any atom is -0.493 e. The second-order valence-corrected chi connectivity index (χ2v) is 6.60. The van der Waals surface area contributed by atoms with Crippen LogP contribution in [0.2, 0.25) is 0 Å². The van der Waals surface area contributed by atoms with Crippen molar-refractivity contribution in [2.75, 3.05) is 14.2 Å². The Hall–Kier alpha value is -3.07. The van der Waals surface area contributed by atoms with Gasteiger partial charge in [0.15, 0.2) is 17.1 Å². The molecule has 0 fully saturated rings. The van der Waals surface area contributed by atoms with Gasteiger partial charge in [0.05, 0.1) is 31.8 Å². The molecular weight excluding hydrogens is 366 g/mol. The molecule has 27 heavy (non-hydrogen) atoms. The van der Waals surface area contributed by atoms with Gasteiger partial charge in [0.1, 0.15) is 22.6 Å². The average Bonchev–Trinajstić information content (AvgIpc) is 3.32. The van der Waals surface area contributed by atoms with E-state index in [1.807, 2.05) is 25.1 Å². The first-order chi connectivity index (χ1) is 13.2. The van der Waals surface area contributed by atoms with Crippen LogP contribution in [0.15, 0.2) is 40.3 Å². The summed E-state index contributed by atoms with van der Waals surface area (Å²) < 4.78 is 16.7. The van der Waals surface area contributed by atoms with Crippen LogP contribution in [0.3, 0.4) is 0 Å². The quantitative estimate of drug-likeness (QED) is 0.398. The third-order valence-electron chi connectivity index (χ3n) is 4.06. The van der Waals surface area contributed by atoms with Gasteiger partial charge in [0.25, 0.3) is 0 Å². The Morgan fingerprint density at radius 3 is 2.85 bits per heavy atom. The van der Waals surface area contributed by atoms with Crippen molar-refractivity contribution in [2.45, 2.75) is 17.7 Å². The van der Waals surface area contributed by atoms with E-state index in [0.29, 0.717) is 28.8 Å². The highest BCUT2D eigenvalue weighted by molar-refractivity contribution is 7.98. The van der Waals surface area contributed by atoms with Crippen molar-refractivity contribution in [1.82, 2.24) is 24.9 Å². The minimum absolute atomic E-state index is 0.494. The van der Waals surface area contributed by atoms with E-state index >= 15 is 0 Å². The van der Waals surface area contributed by atoms with Crippen LogP contribution in [-0.4, -0.2) is 39.1 Å². The maximum absolute atomic E-state index is 5.89. The lowest BCUT2D eigenvalue weighted by Crippen LogP contribution is -1.93. The van der Waals surface area contributed by atoms with Gasteiger partial charge in [0.2, 0.25) is 5.89 Å². The maximum Gasteiger partial charge on any atom is 0.230 e. The first-order valence-corrected chi connectivity index (χ1v) is 9.14.